The smallest absolute Gasteiger partial charge is 0.0933 e. The highest BCUT2D eigenvalue weighted by molar-refractivity contribution is 6.31. The van der Waals surface area contributed by atoms with Crippen molar-refractivity contribution in [3.8, 4) is 0 Å². The molecule has 1 saturated carbocycles. The van der Waals surface area contributed by atoms with E-state index in [9.17, 15) is 0 Å². The summed E-state index contributed by atoms with van der Waals surface area (Å²) in [6.07, 6.45) is 5.88. The zero-order chi connectivity index (χ0) is 14.0. The number of aryl methyl sites for hydroxylation is 1. The molecule has 1 unspecified atom stereocenters. The van der Waals surface area contributed by atoms with Gasteiger partial charge in [-0.2, -0.15) is 5.10 Å². The fourth-order valence-corrected chi connectivity index (χ4v) is 3.36. The van der Waals surface area contributed by atoms with Crippen LogP contribution in [0.4, 0.5) is 0 Å². The Morgan fingerprint density at radius 2 is 2.21 bits per heavy atom. The average molecular weight is 287 g/mol. The van der Waals surface area contributed by atoms with Crippen molar-refractivity contribution in [2.24, 2.45) is 18.8 Å². The first kappa shape index (κ1) is 14.8. The Bertz CT molecular complexity index is 407. The molecule has 2 rings (SSSR count). The maximum atomic E-state index is 6.25. The molecule has 5 nitrogen and oxygen atoms in total. The van der Waals surface area contributed by atoms with Gasteiger partial charge in [-0.1, -0.05) is 18.5 Å². The molecule has 0 aliphatic heterocycles. The molecule has 0 aromatic carbocycles. The number of aromatic nitrogens is 2. The van der Waals surface area contributed by atoms with Crippen molar-refractivity contribution in [2.75, 3.05) is 7.11 Å². The predicted octanol–water partition coefficient (Wildman–Crippen LogP) is 2.17. The fraction of sp³-hybridized carbons (Fsp3) is 0.769. The molecule has 1 aromatic heterocycles. The summed E-state index contributed by atoms with van der Waals surface area (Å²) in [5.41, 5.74) is 3.47. The molecule has 1 heterocycles. The SMILES string of the molecule is COC1(C(NN)c2c(Cl)cnn2C)CCC(C)CC1. The summed E-state index contributed by atoms with van der Waals surface area (Å²) in [5.74, 6) is 6.54. The van der Waals surface area contributed by atoms with Gasteiger partial charge in [0.05, 0.1) is 28.6 Å². The number of halogens is 1. The molecule has 0 spiro atoms. The highest BCUT2D eigenvalue weighted by Crippen LogP contribution is 2.43. The molecule has 1 fully saturated rings. The summed E-state index contributed by atoms with van der Waals surface area (Å²) in [6.45, 7) is 2.28. The molecular weight excluding hydrogens is 264 g/mol. The van der Waals surface area contributed by atoms with Gasteiger partial charge < -0.3 is 4.74 Å². The van der Waals surface area contributed by atoms with Crippen molar-refractivity contribution in [3.63, 3.8) is 0 Å². The number of nitrogens with two attached hydrogens (primary N) is 1. The molecule has 6 heteroatoms. The zero-order valence-electron chi connectivity index (χ0n) is 11.8. The maximum Gasteiger partial charge on any atom is 0.0933 e. The summed E-state index contributed by atoms with van der Waals surface area (Å²) in [5, 5.41) is 4.82. The number of hydrazine groups is 1. The van der Waals surface area contributed by atoms with Crippen LogP contribution in [-0.4, -0.2) is 22.5 Å². The van der Waals surface area contributed by atoms with E-state index in [-0.39, 0.29) is 11.6 Å². The van der Waals surface area contributed by atoms with Crippen molar-refractivity contribution < 1.29 is 4.74 Å². The van der Waals surface area contributed by atoms with E-state index in [1.807, 2.05) is 7.05 Å². The van der Waals surface area contributed by atoms with Gasteiger partial charge in [-0.05, 0) is 31.6 Å². The van der Waals surface area contributed by atoms with Gasteiger partial charge in [0, 0.05) is 14.2 Å². The molecule has 19 heavy (non-hydrogen) atoms. The minimum absolute atomic E-state index is 0.148. The highest BCUT2D eigenvalue weighted by atomic mass is 35.5. The number of hydrogen-bond donors (Lipinski definition) is 2. The number of ether oxygens (including phenoxy) is 1. The molecule has 0 radical (unpaired) electrons. The molecule has 0 bridgehead atoms. The van der Waals surface area contributed by atoms with Gasteiger partial charge in [0.15, 0.2) is 0 Å². The Morgan fingerprint density at radius 1 is 1.58 bits per heavy atom. The van der Waals surface area contributed by atoms with Crippen LogP contribution >= 0.6 is 11.6 Å². The van der Waals surface area contributed by atoms with Crippen LogP contribution in [0.3, 0.4) is 0 Å². The van der Waals surface area contributed by atoms with Crippen molar-refractivity contribution in [1.82, 2.24) is 15.2 Å². The average Bonchev–Trinajstić information content (AvgIpc) is 2.74. The van der Waals surface area contributed by atoms with E-state index in [2.05, 4.69) is 17.4 Å². The molecule has 0 saturated heterocycles. The molecule has 3 N–H and O–H groups in total. The number of nitrogens with one attached hydrogen (secondary N) is 1. The number of nitrogens with zero attached hydrogens (tertiary/aromatic N) is 2. The summed E-state index contributed by atoms with van der Waals surface area (Å²) in [4.78, 5) is 0. The van der Waals surface area contributed by atoms with E-state index < -0.39 is 0 Å². The molecule has 0 amide bonds. The van der Waals surface area contributed by atoms with Gasteiger partial charge in [-0.15, -0.1) is 0 Å². The summed E-state index contributed by atoms with van der Waals surface area (Å²) < 4.78 is 7.64. The Labute approximate surface area is 119 Å². The molecule has 1 aromatic rings. The largest absolute Gasteiger partial charge is 0.376 e. The number of methoxy groups -OCH3 is 1. The Morgan fingerprint density at radius 3 is 2.63 bits per heavy atom. The van der Waals surface area contributed by atoms with Crippen molar-refractivity contribution in [2.45, 2.75) is 44.2 Å². The molecule has 1 aliphatic carbocycles. The summed E-state index contributed by atoms with van der Waals surface area (Å²) >= 11 is 6.25. The predicted molar refractivity (Wildman–Crippen MR) is 75.7 cm³/mol. The second-order valence-corrected chi connectivity index (χ2v) is 5.96. The summed E-state index contributed by atoms with van der Waals surface area (Å²) in [7, 11) is 3.63. The number of hydrogen-bond acceptors (Lipinski definition) is 4. The molecule has 108 valence electrons. The summed E-state index contributed by atoms with van der Waals surface area (Å²) in [6, 6.07) is -0.148. The van der Waals surface area contributed by atoms with Gasteiger partial charge >= 0.3 is 0 Å². The molecular formula is C13H23ClN4O. The first-order valence-corrected chi connectivity index (χ1v) is 7.10. The van der Waals surface area contributed by atoms with Gasteiger partial charge in [-0.25, -0.2) is 5.43 Å². The Kier molecular flexibility index (Phi) is 4.50. The third-order valence-electron chi connectivity index (χ3n) is 4.43. The quantitative estimate of drug-likeness (QED) is 0.658. The Balaban J connectivity index is 2.34. The monoisotopic (exact) mass is 286 g/mol. The fourth-order valence-electron chi connectivity index (χ4n) is 3.09. The van der Waals surface area contributed by atoms with E-state index >= 15 is 0 Å². The van der Waals surface area contributed by atoms with Crippen molar-refractivity contribution in [3.05, 3.63) is 16.9 Å². The lowest BCUT2D eigenvalue weighted by molar-refractivity contribution is -0.0778. The topological polar surface area (TPSA) is 65.1 Å². The second kappa shape index (κ2) is 5.79. The van der Waals surface area contributed by atoms with E-state index in [1.165, 1.54) is 0 Å². The first-order valence-electron chi connectivity index (χ1n) is 6.72. The van der Waals surface area contributed by atoms with Gasteiger partial charge in [0.2, 0.25) is 0 Å². The van der Waals surface area contributed by atoms with Crippen molar-refractivity contribution in [1.29, 1.82) is 0 Å². The van der Waals surface area contributed by atoms with Gasteiger partial charge in [-0.3, -0.25) is 10.5 Å². The molecule has 1 aliphatic rings. The van der Waals surface area contributed by atoms with Crippen LogP contribution in [0, 0.1) is 5.92 Å². The second-order valence-electron chi connectivity index (χ2n) is 5.55. The van der Waals surface area contributed by atoms with Crippen LogP contribution in [0.15, 0.2) is 6.20 Å². The lowest BCUT2D eigenvalue weighted by Crippen LogP contribution is -2.50. The van der Waals surface area contributed by atoms with Crippen molar-refractivity contribution >= 4 is 11.6 Å². The minimum Gasteiger partial charge on any atom is -0.376 e. The minimum atomic E-state index is -0.307. The van der Waals surface area contributed by atoms with Crippen LogP contribution in [0.25, 0.3) is 0 Å². The van der Waals surface area contributed by atoms with Gasteiger partial charge in [0.25, 0.3) is 0 Å². The third kappa shape index (κ3) is 2.65. The lowest BCUT2D eigenvalue weighted by atomic mass is 9.74. The Hall–Kier alpha value is -0.620. The van der Waals surface area contributed by atoms with E-state index in [0.717, 1.165) is 37.3 Å². The normalized spacial score (nSPS) is 29.4. The standard InChI is InChI=1S/C13H23ClN4O/c1-9-4-6-13(19-3,7-5-9)12(17-15)11-10(14)8-16-18(11)2/h8-9,12,17H,4-7,15H2,1-3H3. The van der Waals surface area contributed by atoms with Crippen LogP contribution in [0.1, 0.15) is 44.3 Å². The van der Waals surface area contributed by atoms with Crippen LogP contribution in [0.2, 0.25) is 5.02 Å². The van der Waals surface area contributed by atoms with Crippen LogP contribution in [0.5, 0.6) is 0 Å². The number of rotatable bonds is 4. The zero-order valence-corrected chi connectivity index (χ0v) is 12.6. The van der Waals surface area contributed by atoms with E-state index in [1.54, 1.807) is 18.0 Å². The highest BCUT2D eigenvalue weighted by Gasteiger charge is 2.44. The van der Waals surface area contributed by atoms with Crippen LogP contribution in [-0.2, 0) is 11.8 Å². The maximum absolute atomic E-state index is 6.25. The first-order chi connectivity index (χ1) is 9.04. The van der Waals surface area contributed by atoms with Crippen LogP contribution < -0.4 is 11.3 Å². The van der Waals surface area contributed by atoms with E-state index in [0.29, 0.717) is 5.02 Å². The van der Waals surface area contributed by atoms with E-state index in [4.69, 9.17) is 22.2 Å². The lowest BCUT2D eigenvalue weighted by Gasteiger charge is -2.43. The molecule has 1 atom stereocenters. The van der Waals surface area contributed by atoms with Gasteiger partial charge in [0.1, 0.15) is 0 Å². The third-order valence-corrected chi connectivity index (χ3v) is 4.72.